The van der Waals surface area contributed by atoms with Gasteiger partial charge in [-0.25, -0.2) is 8.42 Å². The van der Waals surface area contributed by atoms with Crippen molar-refractivity contribution in [2.24, 2.45) is 5.92 Å². The fourth-order valence-electron chi connectivity index (χ4n) is 4.03. The molecular formula is C21H23BrN2O3S. The number of anilines is 1. The molecule has 0 saturated carbocycles. The molecule has 0 bridgehead atoms. The number of sulfonamides is 1. The summed E-state index contributed by atoms with van der Waals surface area (Å²) in [5.41, 5.74) is 3.17. The van der Waals surface area contributed by atoms with Crippen molar-refractivity contribution in [3.05, 3.63) is 58.1 Å². The average Bonchev–Trinajstić information content (AvgIpc) is 3.16. The fraction of sp³-hybridized carbons (Fsp3) is 0.381. The summed E-state index contributed by atoms with van der Waals surface area (Å²) in [5, 5.41) is 2.93. The third-order valence-corrected chi connectivity index (χ3v) is 8.01. The number of halogens is 1. The lowest BCUT2D eigenvalue weighted by Gasteiger charge is -2.30. The molecule has 0 aromatic heterocycles. The van der Waals surface area contributed by atoms with Gasteiger partial charge in [-0.1, -0.05) is 28.1 Å². The number of rotatable bonds is 4. The molecule has 0 unspecified atom stereocenters. The molecule has 0 atom stereocenters. The summed E-state index contributed by atoms with van der Waals surface area (Å²) in [5.74, 6) is -0.224. The van der Waals surface area contributed by atoms with Crippen molar-refractivity contribution >= 4 is 37.5 Å². The molecule has 1 saturated heterocycles. The van der Waals surface area contributed by atoms with Crippen LogP contribution in [0.25, 0.3) is 0 Å². The number of hydrogen-bond acceptors (Lipinski definition) is 3. The van der Waals surface area contributed by atoms with Gasteiger partial charge >= 0.3 is 0 Å². The molecule has 2 aromatic rings. The maximum absolute atomic E-state index is 13.0. The number of amides is 1. The Morgan fingerprint density at radius 2 is 1.79 bits per heavy atom. The van der Waals surface area contributed by atoms with Crippen LogP contribution in [0.5, 0.6) is 0 Å². The van der Waals surface area contributed by atoms with E-state index in [1.165, 1.54) is 9.87 Å². The van der Waals surface area contributed by atoms with Gasteiger partial charge in [0.25, 0.3) is 0 Å². The van der Waals surface area contributed by atoms with Crippen molar-refractivity contribution in [3.63, 3.8) is 0 Å². The maximum atomic E-state index is 13.0. The average molecular weight is 463 g/mol. The van der Waals surface area contributed by atoms with Crippen molar-refractivity contribution in [3.8, 4) is 0 Å². The topological polar surface area (TPSA) is 66.5 Å². The molecule has 1 heterocycles. The van der Waals surface area contributed by atoms with Gasteiger partial charge in [-0.2, -0.15) is 4.31 Å². The van der Waals surface area contributed by atoms with E-state index in [1.54, 1.807) is 6.07 Å². The van der Waals surface area contributed by atoms with E-state index in [2.05, 4.69) is 21.2 Å². The number of nitrogens with one attached hydrogen (secondary N) is 1. The molecule has 28 heavy (non-hydrogen) atoms. The monoisotopic (exact) mass is 462 g/mol. The lowest BCUT2D eigenvalue weighted by molar-refractivity contribution is -0.120. The largest absolute Gasteiger partial charge is 0.326 e. The number of hydrogen-bond donors (Lipinski definition) is 1. The first-order chi connectivity index (χ1) is 13.4. The molecule has 1 fully saturated rings. The third-order valence-electron chi connectivity index (χ3n) is 5.62. The Bertz CT molecular complexity index is 998. The van der Waals surface area contributed by atoms with Crippen LogP contribution in [0.2, 0.25) is 0 Å². The van der Waals surface area contributed by atoms with E-state index in [1.807, 2.05) is 36.4 Å². The molecule has 1 aliphatic heterocycles. The van der Waals surface area contributed by atoms with Gasteiger partial charge in [0.1, 0.15) is 0 Å². The van der Waals surface area contributed by atoms with Crippen LogP contribution in [0.4, 0.5) is 5.69 Å². The van der Waals surface area contributed by atoms with Gasteiger partial charge < -0.3 is 5.32 Å². The van der Waals surface area contributed by atoms with Crippen LogP contribution < -0.4 is 5.32 Å². The highest BCUT2D eigenvalue weighted by Crippen LogP contribution is 2.29. The maximum Gasteiger partial charge on any atom is 0.243 e. The summed E-state index contributed by atoms with van der Waals surface area (Å²) in [6.07, 6.45) is 4.15. The van der Waals surface area contributed by atoms with Crippen molar-refractivity contribution in [1.82, 2.24) is 4.31 Å². The van der Waals surface area contributed by atoms with Gasteiger partial charge in [0, 0.05) is 29.2 Å². The van der Waals surface area contributed by atoms with Crippen LogP contribution in [0.3, 0.4) is 0 Å². The molecule has 5 nitrogen and oxygen atoms in total. The summed E-state index contributed by atoms with van der Waals surface area (Å²) in [4.78, 5) is 12.9. The summed E-state index contributed by atoms with van der Waals surface area (Å²) >= 11 is 3.39. The van der Waals surface area contributed by atoms with E-state index in [0.717, 1.165) is 35.0 Å². The zero-order valence-corrected chi connectivity index (χ0v) is 17.9. The van der Waals surface area contributed by atoms with Crippen molar-refractivity contribution in [2.45, 2.75) is 37.0 Å². The van der Waals surface area contributed by atoms with Gasteiger partial charge in [0.2, 0.25) is 15.9 Å². The second-order valence-corrected chi connectivity index (χ2v) is 10.3. The molecule has 1 amide bonds. The SMILES string of the molecule is O=C(Nc1cccc(Br)c1)C1CCN(S(=O)(=O)c2ccc3c(c2)CCC3)CC1. The summed E-state index contributed by atoms with van der Waals surface area (Å²) in [6.45, 7) is 0.742. The molecule has 2 aromatic carbocycles. The highest BCUT2D eigenvalue weighted by molar-refractivity contribution is 9.10. The van der Waals surface area contributed by atoms with Crippen LogP contribution in [0.1, 0.15) is 30.4 Å². The Kier molecular flexibility index (Phi) is 5.58. The number of fused-ring (bicyclic) bond motifs is 1. The fourth-order valence-corrected chi connectivity index (χ4v) is 5.95. The second-order valence-electron chi connectivity index (χ2n) is 7.46. The van der Waals surface area contributed by atoms with E-state index in [-0.39, 0.29) is 11.8 Å². The molecule has 0 spiro atoms. The van der Waals surface area contributed by atoms with E-state index in [4.69, 9.17) is 0 Å². The van der Waals surface area contributed by atoms with Crippen LogP contribution in [0.15, 0.2) is 51.8 Å². The highest BCUT2D eigenvalue weighted by Gasteiger charge is 2.32. The second kappa shape index (κ2) is 7.97. The number of carbonyl (C=O) groups is 1. The first-order valence-corrected chi connectivity index (χ1v) is 11.9. The minimum atomic E-state index is -3.50. The molecular weight excluding hydrogens is 440 g/mol. The van der Waals surface area contributed by atoms with Gasteiger partial charge in [-0.15, -0.1) is 0 Å². The number of benzene rings is 2. The molecule has 2 aliphatic rings. The Morgan fingerprint density at radius 3 is 2.54 bits per heavy atom. The van der Waals surface area contributed by atoms with Crippen LogP contribution in [-0.2, 0) is 27.7 Å². The van der Waals surface area contributed by atoms with Gasteiger partial charge in [-0.3, -0.25) is 4.79 Å². The summed E-state index contributed by atoms with van der Waals surface area (Å²) in [7, 11) is -3.50. The standard InChI is InChI=1S/C21H23BrN2O3S/c22-18-5-2-6-19(14-18)23-21(25)16-9-11-24(12-10-16)28(26,27)20-8-7-15-3-1-4-17(15)13-20/h2,5-8,13-14,16H,1,3-4,9-12H2,(H,23,25). The zero-order valence-electron chi connectivity index (χ0n) is 15.5. The summed E-state index contributed by atoms with van der Waals surface area (Å²) in [6, 6.07) is 13.0. The first kappa shape index (κ1) is 19.6. The molecule has 148 valence electrons. The minimum absolute atomic E-state index is 0.0484. The predicted octanol–water partition coefficient (Wildman–Crippen LogP) is 3.98. The van der Waals surface area contributed by atoms with E-state index in [9.17, 15) is 13.2 Å². The Balaban J connectivity index is 1.40. The number of carbonyl (C=O) groups excluding carboxylic acids is 1. The Morgan fingerprint density at radius 1 is 1.04 bits per heavy atom. The van der Waals surface area contributed by atoms with Crippen LogP contribution in [-0.4, -0.2) is 31.7 Å². The predicted molar refractivity (Wildman–Crippen MR) is 113 cm³/mol. The number of nitrogens with zero attached hydrogens (tertiary/aromatic N) is 1. The van der Waals surface area contributed by atoms with Gasteiger partial charge in [-0.05, 0) is 73.6 Å². The van der Waals surface area contributed by atoms with Crippen molar-refractivity contribution in [2.75, 3.05) is 18.4 Å². The number of aryl methyl sites for hydroxylation is 2. The smallest absolute Gasteiger partial charge is 0.243 e. The van der Waals surface area contributed by atoms with E-state index >= 15 is 0 Å². The highest BCUT2D eigenvalue weighted by atomic mass is 79.9. The quantitative estimate of drug-likeness (QED) is 0.746. The minimum Gasteiger partial charge on any atom is -0.326 e. The molecule has 4 rings (SSSR count). The first-order valence-electron chi connectivity index (χ1n) is 9.62. The van der Waals surface area contributed by atoms with Crippen LogP contribution >= 0.6 is 15.9 Å². The normalized spacial score (nSPS) is 18.0. The Labute approximate surface area is 174 Å². The molecule has 1 aliphatic carbocycles. The third kappa shape index (κ3) is 4.02. The Hall–Kier alpha value is -1.70. The van der Waals surface area contributed by atoms with Crippen molar-refractivity contribution in [1.29, 1.82) is 0 Å². The molecule has 0 radical (unpaired) electrons. The summed E-state index contributed by atoms with van der Waals surface area (Å²) < 4.78 is 28.4. The van der Waals surface area contributed by atoms with Crippen molar-refractivity contribution < 1.29 is 13.2 Å². The van der Waals surface area contributed by atoms with Crippen LogP contribution in [0, 0.1) is 5.92 Å². The van der Waals surface area contributed by atoms with E-state index in [0.29, 0.717) is 30.8 Å². The number of piperidine rings is 1. The lowest BCUT2D eigenvalue weighted by atomic mass is 9.97. The van der Waals surface area contributed by atoms with Gasteiger partial charge in [0.05, 0.1) is 4.90 Å². The zero-order chi connectivity index (χ0) is 19.7. The molecule has 1 N–H and O–H groups in total. The molecule has 7 heteroatoms. The van der Waals surface area contributed by atoms with Gasteiger partial charge in [0.15, 0.2) is 0 Å². The lowest BCUT2D eigenvalue weighted by Crippen LogP contribution is -2.41. The van der Waals surface area contributed by atoms with E-state index < -0.39 is 10.0 Å².